The van der Waals surface area contributed by atoms with Crippen LogP contribution >= 0.6 is 0 Å². The van der Waals surface area contributed by atoms with E-state index in [-0.39, 0.29) is 30.7 Å². The number of hydrogen-bond acceptors (Lipinski definition) is 4. The summed E-state index contributed by atoms with van der Waals surface area (Å²) in [4.78, 5) is 0. The Kier molecular flexibility index (Phi) is 6.61. The van der Waals surface area contributed by atoms with Gasteiger partial charge in [-0.1, -0.05) is 54.6 Å². The van der Waals surface area contributed by atoms with Gasteiger partial charge in [-0.05, 0) is 50.8 Å². The molecule has 1 aliphatic heterocycles. The molecule has 28 heavy (non-hydrogen) atoms. The van der Waals surface area contributed by atoms with Gasteiger partial charge in [-0.2, -0.15) is 0 Å². The summed E-state index contributed by atoms with van der Waals surface area (Å²) in [6, 6.07) is 18.2. The molecule has 0 spiro atoms. The van der Waals surface area contributed by atoms with E-state index in [9.17, 15) is 5.11 Å². The van der Waals surface area contributed by atoms with Crippen molar-refractivity contribution in [3.8, 4) is 0 Å². The van der Waals surface area contributed by atoms with Crippen LogP contribution in [0.15, 0.2) is 54.6 Å². The molecule has 1 heterocycles. The van der Waals surface area contributed by atoms with Gasteiger partial charge in [-0.3, -0.25) is 0 Å². The Morgan fingerprint density at radius 1 is 0.893 bits per heavy atom. The molecule has 1 N–H and O–H groups in total. The van der Waals surface area contributed by atoms with Crippen LogP contribution in [0.3, 0.4) is 0 Å². The van der Waals surface area contributed by atoms with E-state index >= 15 is 0 Å². The normalized spacial score (nSPS) is 19.0. The van der Waals surface area contributed by atoms with Gasteiger partial charge in [0.1, 0.15) is 0 Å². The topological polar surface area (TPSA) is 47.9 Å². The summed E-state index contributed by atoms with van der Waals surface area (Å²) in [5.41, 5.74) is 2.42. The van der Waals surface area contributed by atoms with Gasteiger partial charge >= 0.3 is 7.12 Å². The van der Waals surface area contributed by atoms with Crippen LogP contribution in [0.1, 0.15) is 44.4 Å². The lowest BCUT2D eigenvalue weighted by Crippen LogP contribution is -2.41. The summed E-state index contributed by atoms with van der Waals surface area (Å²) in [6.07, 6.45) is 0.819. The molecule has 150 valence electrons. The van der Waals surface area contributed by atoms with E-state index in [1.807, 2.05) is 30.3 Å². The van der Waals surface area contributed by atoms with Crippen molar-refractivity contribution >= 4 is 7.12 Å². The second-order valence-corrected chi connectivity index (χ2v) is 8.52. The van der Waals surface area contributed by atoms with Crippen LogP contribution in [0.4, 0.5) is 0 Å². The molecule has 0 bridgehead atoms. The van der Waals surface area contributed by atoms with Crippen molar-refractivity contribution in [1.82, 2.24) is 0 Å². The van der Waals surface area contributed by atoms with Crippen LogP contribution in [0.2, 0.25) is 5.82 Å². The highest BCUT2D eigenvalue weighted by Crippen LogP contribution is 2.40. The predicted octanol–water partition coefficient (Wildman–Crippen LogP) is 4.40. The third-order valence-electron chi connectivity index (χ3n) is 5.88. The van der Waals surface area contributed by atoms with Crippen LogP contribution in [-0.2, 0) is 33.7 Å². The lowest BCUT2D eigenvalue weighted by Gasteiger charge is -2.32. The third-order valence-corrected chi connectivity index (χ3v) is 5.88. The smallest absolute Gasteiger partial charge is 0.403 e. The molecule has 5 heteroatoms. The van der Waals surface area contributed by atoms with Crippen molar-refractivity contribution in [1.29, 1.82) is 0 Å². The van der Waals surface area contributed by atoms with Gasteiger partial charge in [0.15, 0.2) is 0 Å². The van der Waals surface area contributed by atoms with Gasteiger partial charge in [0, 0.05) is 12.4 Å². The highest BCUT2D eigenvalue weighted by molar-refractivity contribution is 6.47. The van der Waals surface area contributed by atoms with E-state index in [4.69, 9.17) is 14.0 Å². The average molecular weight is 382 g/mol. The first-order chi connectivity index (χ1) is 13.3. The largest absolute Gasteiger partial charge is 0.463 e. The highest BCUT2D eigenvalue weighted by Gasteiger charge is 2.53. The van der Waals surface area contributed by atoms with Gasteiger partial charge < -0.3 is 19.2 Å². The van der Waals surface area contributed by atoms with E-state index in [0.717, 1.165) is 17.5 Å². The Morgan fingerprint density at radius 3 is 2.07 bits per heavy atom. The lowest BCUT2D eigenvalue weighted by molar-refractivity contribution is 0.00578. The van der Waals surface area contributed by atoms with Crippen molar-refractivity contribution in [2.24, 2.45) is 0 Å². The van der Waals surface area contributed by atoms with E-state index in [1.54, 1.807) is 0 Å². The summed E-state index contributed by atoms with van der Waals surface area (Å²) >= 11 is 0. The molecule has 1 aliphatic rings. The van der Waals surface area contributed by atoms with Crippen LogP contribution in [0.5, 0.6) is 0 Å². The minimum Gasteiger partial charge on any atom is -0.403 e. The zero-order valence-corrected chi connectivity index (χ0v) is 17.4. The predicted molar refractivity (Wildman–Crippen MR) is 112 cm³/mol. The van der Waals surface area contributed by atoms with Crippen molar-refractivity contribution < 1.29 is 19.2 Å². The Labute approximate surface area is 169 Å². The second kappa shape index (κ2) is 8.79. The van der Waals surface area contributed by atoms with Gasteiger partial charge in [0.2, 0.25) is 0 Å². The van der Waals surface area contributed by atoms with Crippen molar-refractivity contribution in [3.05, 3.63) is 71.3 Å². The zero-order chi connectivity index (χ0) is 20.2. The monoisotopic (exact) mass is 382 g/mol. The Bertz CT molecular complexity index is 744. The minimum atomic E-state index is -0.365. The Morgan fingerprint density at radius 2 is 1.46 bits per heavy atom. The van der Waals surface area contributed by atoms with Gasteiger partial charge in [0.25, 0.3) is 0 Å². The summed E-state index contributed by atoms with van der Waals surface area (Å²) in [7, 11) is -0.321. The number of rotatable bonds is 8. The molecule has 0 saturated carbocycles. The van der Waals surface area contributed by atoms with Gasteiger partial charge in [-0.15, -0.1) is 0 Å². The first kappa shape index (κ1) is 21.1. The molecule has 1 fully saturated rings. The first-order valence-electron chi connectivity index (χ1n) is 9.97. The molecule has 1 saturated heterocycles. The highest BCUT2D eigenvalue weighted by atomic mass is 16.7. The standard InChI is InChI=1S/C23H31BO4/c1-22(2)23(3,4)28-24(27-22)21(14-18-10-6-5-7-11-18)17-26-16-20-13-9-8-12-19(20)15-25/h5-13,21,25H,14-17H2,1-4H3. The maximum Gasteiger partial charge on any atom is 0.463 e. The van der Waals surface area contributed by atoms with Crippen LogP contribution < -0.4 is 0 Å². The van der Waals surface area contributed by atoms with Crippen LogP contribution in [-0.4, -0.2) is 30.0 Å². The first-order valence-corrected chi connectivity index (χ1v) is 9.97. The number of aliphatic hydroxyl groups excluding tert-OH is 1. The lowest BCUT2D eigenvalue weighted by atomic mass is 9.69. The van der Waals surface area contributed by atoms with Crippen LogP contribution in [0, 0.1) is 0 Å². The Balaban J connectivity index is 1.70. The second-order valence-electron chi connectivity index (χ2n) is 8.52. The van der Waals surface area contributed by atoms with E-state index in [2.05, 4.69) is 52.0 Å². The molecule has 0 radical (unpaired) electrons. The Hall–Kier alpha value is -1.66. The molecule has 1 unspecified atom stereocenters. The molecule has 2 aromatic rings. The quantitative estimate of drug-likeness (QED) is 0.688. The molecule has 4 nitrogen and oxygen atoms in total. The molecule has 0 amide bonds. The molecular formula is C23H31BO4. The van der Waals surface area contributed by atoms with Gasteiger partial charge in [-0.25, -0.2) is 0 Å². The number of aliphatic hydroxyl groups is 1. The molecule has 1 atom stereocenters. The van der Waals surface area contributed by atoms with E-state index < -0.39 is 0 Å². The molecule has 0 aliphatic carbocycles. The molecule has 3 rings (SSSR count). The van der Waals surface area contributed by atoms with E-state index in [0.29, 0.717) is 13.2 Å². The van der Waals surface area contributed by atoms with Crippen molar-refractivity contribution in [2.45, 2.75) is 64.3 Å². The average Bonchev–Trinajstić information content (AvgIpc) is 2.89. The molecular weight excluding hydrogens is 351 g/mol. The summed E-state index contributed by atoms with van der Waals surface area (Å²) in [6.45, 7) is 9.29. The fourth-order valence-electron chi connectivity index (χ4n) is 3.40. The summed E-state index contributed by atoms with van der Waals surface area (Å²) in [5.74, 6) is 0.0738. The zero-order valence-electron chi connectivity index (χ0n) is 17.4. The fraction of sp³-hybridized carbons (Fsp3) is 0.478. The van der Waals surface area contributed by atoms with E-state index in [1.165, 1.54) is 5.56 Å². The maximum atomic E-state index is 9.51. The van der Waals surface area contributed by atoms with Crippen molar-refractivity contribution in [3.63, 3.8) is 0 Å². The van der Waals surface area contributed by atoms with Crippen molar-refractivity contribution in [2.75, 3.05) is 6.61 Å². The third kappa shape index (κ3) is 4.84. The SMILES string of the molecule is CC1(C)OB(C(COCc2ccccc2CO)Cc2ccccc2)OC1(C)C. The molecule has 0 aromatic heterocycles. The maximum absolute atomic E-state index is 9.51. The van der Waals surface area contributed by atoms with Crippen LogP contribution in [0.25, 0.3) is 0 Å². The number of benzene rings is 2. The van der Waals surface area contributed by atoms with Gasteiger partial charge in [0.05, 0.1) is 24.4 Å². The summed E-state index contributed by atoms with van der Waals surface area (Å²) in [5, 5.41) is 9.51. The molecule has 2 aromatic carbocycles. The summed E-state index contributed by atoms with van der Waals surface area (Å²) < 4.78 is 18.7. The fourth-order valence-corrected chi connectivity index (χ4v) is 3.40. The number of hydrogen-bond donors (Lipinski definition) is 1. The minimum absolute atomic E-state index is 0.0181. The number of ether oxygens (including phenoxy) is 1.